The Morgan fingerprint density at radius 2 is 2.10 bits per heavy atom. The van der Waals surface area contributed by atoms with Crippen LogP contribution in [0.3, 0.4) is 0 Å². The summed E-state index contributed by atoms with van der Waals surface area (Å²) in [5, 5.41) is 4.61. The zero-order chi connectivity index (χ0) is 14.2. The molecule has 2 aliphatic rings. The van der Waals surface area contributed by atoms with Crippen LogP contribution in [-0.2, 0) is 11.3 Å². The summed E-state index contributed by atoms with van der Waals surface area (Å²) >= 11 is 0. The van der Waals surface area contributed by atoms with Gasteiger partial charge in [0, 0.05) is 30.3 Å². The van der Waals surface area contributed by atoms with Crippen LogP contribution in [0.5, 0.6) is 0 Å². The fraction of sp³-hybridized carbons (Fsp3) is 0.471. The van der Waals surface area contributed by atoms with Crippen molar-refractivity contribution in [3.8, 4) is 0 Å². The van der Waals surface area contributed by atoms with Gasteiger partial charge in [0.15, 0.2) is 0 Å². The molecule has 1 aromatic heterocycles. The Kier molecular flexibility index (Phi) is 3.28. The summed E-state index contributed by atoms with van der Waals surface area (Å²) in [7, 11) is 0. The van der Waals surface area contributed by atoms with Crippen molar-refractivity contribution in [2.24, 2.45) is 5.92 Å². The van der Waals surface area contributed by atoms with E-state index in [1.54, 1.807) is 0 Å². The molecule has 4 nitrogen and oxygen atoms in total. The highest BCUT2D eigenvalue weighted by molar-refractivity contribution is 5.78. The monoisotopic (exact) mass is 284 g/mol. The second-order valence-corrected chi connectivity index (χ2v) is 6.16. The molecule has 0 radical (unpaired) electrons. The van der Waals surface area contributed by atoms with Crippen molar-refractivity contribution >= 4 is 10.9 Å². The van der Waals surface area contributed by atoms with Crippen LogP contribution in [0.4, 0.5) is 0 Å². The van der Waals surface area contributed by atoms with Gasteiger partial charge in [0.25, 0.3) is 5.56 Å². The number of ether oxygens (including phenoxy) is 1. The molecule has 2 N–H and O–H groups in total. The minimum atomic E-state index is 0.00286. The molecule has 2 atom stereocenters. The summed E-state index contributed by atoms with van der Waals surface area (Å²) < 4.78 is 5.83. The van der Waals surface area contributed by atoms with Gasteiger partial charge in [0.2, 0.25) is 0 Å². The Morgan fingerprint density at radius 3 is 2.95 bits per heavy atom. The minimum absolute atomic E-state index is 0.00286. The third kappa shape index (κ3) is 2.61. The zero-order valence-electron chi connectivity index (χ0n) is 12.0. The molecule has 1 saturated heterocycles. The SMILES string of the molecule is O=c1[nH]c2ccccc2cc1CNC1CCOC1C1CC1. The quantitative estimate of drug-likeness (QED) is 0.905. The second-order valence-electron chi connectivity index (χ2n) is 6.16. The van der Waals surface area contributed by atoms with Crippen molar-refractivity contribution in [1.82, 2.24) is 10.3 Å². The van der Waals surface area contributed by atoms with E-state index in [1.807, 2.05) is 30.3 Å². The first-order chi connectivity index (χ1) is 10.3. The zero-order valence-corrected chi connectivity index (χ0v) is 12.0. The average Bonchev–Trinajstić information content (AvgIpc) is 3.24. The van der Waals surface area contributed by atoms with Gasteiger partial charge < -0.3 is 15.0 Å². The number of aromatic amines is 1. The normalized spacial score (nSPS) is 25.5. The third-order valence-corrected chi connectivity index (χ3v) is 4.61. The Balaban J connectivity index is 1.51. The largest absolute Gasteiger partial charge is 0.376 e. The summed E-state index contributed by atoms with van der Waals surface area (Å²) in [5.41, 5.74) is 1.70. The van der Waals surface area contributed by atoms with Crippen LogP contribution >= 0.6 is 0 Å². The summed E-state index contributed by atoms with van der Waals surface area (Å²) in [6.07, 6.45) is 3.98. The maximum atomic E-state index is 12.1. The number of benzene rings is 1. The van der Waals surface area contributed by atoms with Gasteiger partial charge in [-0.15, -0.1) is 0 Å². The minimum Gasteiger partial charge on any atom is -0.376 e. The molecule has 0 spiro atoms. The van der Waals surface area contributed by atoms with Crippen LogP contribution in [0.15, 0.2) is 35.1 Å². The lowest BCUT2D eigenvalue weighted by Gasteiger charge is -2.19. The summed E-state index contributed by atoms with van der Waals surface area (Å²) in [6.45, 7) is 1.45. The summed E-state index contributed by atoms with van der Waals surface area (Å²) in [4.78, 5) is 15.1. The molecule has 0 amide bonds. The van der Waals surface area contributed by atoms with E-state index in [4.69, 9.17) is 4.74 Å². The molecule has 2 heterocycles. The van der Waals surface area contributed by atoms with E-state index in [2.05, 4.69) is 10.3 Å². The summed E-state index contributed by atoms with van der Waals surface area (Å²) in [5.74, 6) is 0.736. The molecule has 110 valence electrons. The topological polar surface area (TPSA) is 54.1 Å². The lowest BCUT2D eigenvalue weighted by Crippen LogP contribution is -2.38. The standard InChI is InChI=1S/C17H20N2O2/c20-17-13(9-12-3-1-2-4-14(12)19-17)10-18-15-7-8-21-16(15)11-5-6-11/h1-4,9,11,15-16,18H,5-8,10H2,(H,19,20). The van der Waals surface area contributed by atoms with Crippen molar-refractivity contribution in [3.63, 3.8) is 0 Å². The Hall–Kier alpha value is -1.65. The number of pyridine rings is 1. The number of aromatic nitrogens is 1. The molecular weight excluding hydrogens is 264 g/mol. The van der Waals surface area contributed by atoms with Crippen molar-refractivity contribution in [1.29, 1.82) is 0 Å². The van der Waals surface area contributed by atoms with Gasteiger partial charge in [-0.05, 0) is 42.7 Å². The van der Waals surface area contributed by atoms with Crippen LogP contribution in [-0.4, -0.2) is 23.7 Å². The Bertz CT molecular complexity index is 705. The van der Waals surface area contributed by atoms with E-state index in [0.29, 0.717) is 18.7 Å². The lowest BCUT2D eigenvalue weighted by atomic mass is 10.1. The predicted octanol–water partition coefficient (Wildman–Crippen LogP) is 2.19. The highest BCUT2D eigenvalue weighted by atomic mass is 16.5. The molecule has 2 fully saturated rings. The number of hydrogen-bond donors (Lipinski definition) is 2. The average molecular weight is 284 g/mol. The van der Waals surface area contributed by atoms with Gasteiger partial charge in [-0.25, -0.2) is 0 Å². The van der Waals surface area contributed by atoms with E-state index < -0.39 is 0 Å². The second kappa shape index (κ2) is 5.28. The molecule has 1 saturated carbocycles. The molecular formula is C17H20N2O2. The van der Waals surface area contributed by atoms with Gasteiger partial charge >= 0.3 is 0 Å². The number of hydrogen-bond acceptors (Lipinski definition) is 3. The van der Waals surface area contributed by atoms with Gasteiger partial charge in [-0.2, -0.15) is 0 Å². The molecule has 4 rings (SSSR count). The van der Waals surface area contributed by atoms with Crippen LogP contribution in [0.25, 0.3) is 10.9 Å². The molecule has 4 heteroatoms. The van der Waals surface area contributed by atoms with E-state index in [0.717, 1.165) is 35.4 Å². The molecule has 2 unspecified atom stereocenters. The molecule has 0 bridgehead atoms. The molecule has 21 heavy (non-hydrogen) atoms. The first kappa shape index (κ1) is 13.0. The molecule has 2 aromatic rings. The smallest absolute Gasteiger partial charge is 0.252 e. The fourth-order valence-electron chi connectivity index (χ4n) is 3.28. The van der Waals surface area contributed by atoms with E-state index in [1.165, 1.54) is 12.8 Å². The van der Waals surface area contributed by atoms with Crippen LogP contribution in [0.2, 0.25) is 0 Å². The Labute approximate surface area is 123 Å². The van der Waals surface area contributed by atoms with Gasteiger partial charge in [0.05, 0.1) is 6.10 Å². The van der Waals surface area contributed by atoms with Crippen molar-refractivity contribution in [3.05, 3.63) is 46.2 Å². The third-order valence-electron chi connectivity index (χ3n) is 4.61. The number of fused-ring (bicyclic) bond motifs is 1. The number of H-pyrrole nitrogens is 1. The van der Waals surface area contributed by atoms with Crippen molar-refractivity contribution in [2.45, 2.75) is 38.0 Å². The number of rotatable bonds is 4. The maximum Gasteiger partial charge on any atom is 0.252 e. The van der Waals surface area contributed by atoms with Gasteiger partial charge in [0.1, 0.15) is 0 Å². The first-order valence-corrected chi connectivity index (χ1v) is 7.77. The molecule has 1 aliphatic heterocycles. The van der Waals surface area contributed by atoms with Crippen LogP contribution < -0.4 is 10.9 Å². The number of para-hydroxylation sites is 1. The van der Waals surface area contributed by atoms with E-state index in [-0.39, 0.29) is 5.56 Å². The molecule has 1 aliphatic carbocycles. The van der Waals surface area contributed by atoms with E-state index >= 15 is 0 Å². The van der Waals surface area contributed by atoms with Crippen molar-refractivity contribution < 1.29 is 4.74 Å². The van der Waals surface area contributed by atoms with Gasteiger partial charge in [-0.1, -0.05) is 18.2 Å². The van der Waals surface area contributed by atoms with Crippen LogP contribution in [0, 0.1) is 5.92 Å². The first-order valence-electron chi connectivity index (χ1n) is 7.77. The summed E-state index contributed by atoms with van der Waals surface area (Å²) in [6, 6.07) is 10.3. The fourth-order valence-corrected chi connectivity index (χ4v) is 3.28. The maximum absolute atomic E-state index is 12.1. The van der Waals surface area contributed by atoms with E-state index in [9.17, 15) is 4.79 Å². The highest BCUT2D eigenvalue weighted by Crippen LogP contribution is 2.38. The lowest BCUT2D eigenvalue weighted by molar-refractivity contribution is 0.0808. The van der Waals surface area contributed by atoms with Gasteiger partial charge in [-0.3, -0.25) is 4.79 Å². The highest BCUT2D eigenvalue weighted by Gasteiger charge is 2.40. The predicted molar refractivity (Wildman–Crippen MR) is 82.3 cm³/mol. The Morgan fingerprint density at radius 1 is 1.24 bits per heavy atom. The van der Waals surface area contributed by atoms with Crippen molar-refractivity contribution in [2.75, 3.05) is 6.61 Å². The number of nitrogens with one attached hydrogen (secondary N) is 2. The van der Waals surface area contributed by atoms with Crippen LogP contribution in [0.1, 0.15) is 24.8 Å². The molecule has 1 aromatic carbocycles.